The average Bonchev–Trinajstić information content (AvgIpc) is 2.41. The van der Waals surface area contributed by atoms with Crippen LogP contribution in [0.3, 0.4) is 0 Å². The number of fused-ring (bicyclic) bond motifs is 1. The Labute approximate surface area is 127 Å². The maximum absolute atomic E-state index is 9.07. The second-order valence-corrected chi connectivity index (χ2v) is 6.00. The number of benzene rings is 1. The van der Waals surface area contributed by atoms with Crippen LogP contribution in [0.2, 0.25) is 0 Å². The van der Waals surface area contributed by atoms with E-state index in [1.165, 1.54) is 0 Å². The zero-order valence-corrected chi connectivity index (χ0v) is 13.4. The SMILES string of the molecule is CC(C)N(CCCO)c1ccc(N)c2cc(Br)cnc12. The number of nitrogen functional groups attached to an aromatic ring is 1. The van der Waals surface area contributed by atoms with E-state index in [2.05, 4.69) is 39.7 Å². The molecule has 3 N–H and O–H groups in total. The maximum atomic E-state index is 9.07. The van der Waals surface area contributed by atoms with Crippen LogP contribution in [0.25, 0.3) is 10.9 Å². The third-order valence-corrected chi connectivity index (χ3v) is 3.75. The number of hydrogen-bond donors (Lipinski definition) is 2. The Bertz CT molecular complexity index is 601. The Morgan fingerprint density at radius 1 is 1.40 bits per heavy atom. The van der Waals surface area contributed by atoms with Crippen LogP contribution in [0.15, 0.2) is 28.9 Å². The van der Waals surface area contributed by atoms with E-state index in [-0.39, 0.29) is 6.61 Å². The van der Waals surface area contributed by atoms with E-state index in [1.807, 2.05) is 18.2 Å². The molecule has 2 aromatic rings. The molecule has 0 bridgehead atoms. The second-order valence-electron chi connectivity index (χ2n) is 5.09. The summed E-state index contributed by atoms with van der Waals surface area (Å²) in [6, 6.07) is 6.25. The number of aliphatic hydroxyl groups excluding tert-OH is 1. The number of aromatic nitrogens is 1. The van der Waals surface area contributed by atoms with Gasteiger partial charge < -0.3 is 15.7 Å². The zero-order valence-electron chi connectivity index (χ0n) is 11.8. The first kappa shape index (κ1) is 15.1. The van der Waals surface area contributed by atoms with Crippen molar-refractivity contribution < 1.29 is 5.11 Å². The fraction of sp³-hybridized carbons (Fsp3) is 0.400. The average molecular weight is 338 g/mol. The summed E-state index contributed by atoms with van der Waals surface area (Å²) in [4.78, 5) is 6.77. The number of rotatable bonds is 5. The summed E-state index contributed by atoms with van der Waals surface area (Å²) in [5.41, 5.74) is 8.74. The fourth-order valence-electron chi connectivity index (χ4n) is 2.33. The van der Waals surface area contributed by atoms with Crippen molar-refractivity contribution in [2.45, 2.75) is 26.3 Å². The molecule has 0 atom stereocenters. The van der Waals surface area contributed by atoms with Crippen LogP contribution in [-0.4, -0.2) is 29.3 Å². The summed E-state index contributed by atoms with van der Waals surface area (Å²) in [7, 11) is 0. The van der Waals surface area contributed by atoms with E-state index in [9.17, 15) is 0 Å². The van der Waals surface area contributed by atoms with E-state index >= 15 is 0 Å². The number of halogens is 1. The van der Waals surface area contributed by atoms with Gasteiger partial charge >= 0.3 is 0 Å². The molecule has 20 heavy (non-hydrogen) atoms. The van der Waals surface area contributed by atoms with Crippen LogP contribution >= 0.6 is 15.9 Å². The molecule has 2 rings (SSSR count). The van der Waals surface area contributed by atoms with E-state index in [4.69, 9.17) is 10.8 Å². The number of aliphatic hydroxyl groups is 1. The predicted octanol–water partition coefficient (Wildman–Crippen LogP) is 3.18. The van der Waals surface area contributed by atoms with Crippen molar-refractivity contribution in [3.05, 3.63) is 28.9 Å². The minimum Gasteiger partial charge on any atom is -0.398 e. The van der Waals surface area contributed by atoms with Gasteiger partial charge in [0.25, 0.3) is 0 Å². The number of nitrogens with zero attached hydrogens (tertiary/aromatic N) is 2. The van der Waals surface area contributed by atoms with Crippen LogP contribution in [0, 0.1) is 0 Å². The molecular weight excluding hydrogens is 318 g/mol. The topological polar surface area (TPSA) is 62.4 Å². The van der Waals surface area contributed by atoms with Gasteiger partial charge in [0, 0.05) is 40.9 Å². The quantitative estimate of drug-likeness (QED) is 0.822. The molecule has 0 fully saturated rings. The number of pyridine rings is 1. The van der Waals surface area contributed by atoms with E-state index in [0.29, 0.717) is 6.04 Å². The fourth-order valence-corrected chi connectivity index (χ4v) is 2.66. The van der Waals surface area contributed by atoms with Crippen molar-refractivity contribution in [1.82, 2.24) is 4.98 Å². The highest BCUT2D eigenvalue weighted by molar-refractivity contribution is 9.10. The van der Waals surface area contributed by atoms with Crippen LogP contribution < -0.4 is 10.6 Å². The Kier molecular flexibility index (Phi) is 4.83. The van der Waals surface area contributed by atoms with Crippen molar-refractivity contribution in [3.63, 3.8) is 0 Å². The summed E-state index contributed by atoms with van der Waals surface area (Å²) in [6.07, 6.45) is 2.52. The summed E-state index contributed by atoms with van der Waals surface area (Å²) >= 11 is 3.43. The molecule has 0 spiro atoms. The van der Waals surface area contributed by atoms with Crippen LogP contribution in [0.1, 0.15) is 20.3 Å². The largest absolute Gasteiger partial charge is 0.398 e. The molecular formula is C15H20BrN3O. The lowest BCUT2D eigenvalue weighted by atomic mass is 10.1. The van der Waals surface area contributed by atoms with Crippen LogP contribution in [-0.2, 0) is 0 Å². The van der Waals surface area contributed by atoms with Crippen molar-refractivity contribution in [3.8, 4) is 0 Å². The minimum atomic E-state index is 0.190. The Morgan fingerprint density at radius 3 is 2.80 bits per heavy atom. The second kappa shape index (κ2) is 6.41. The molecule has 108 valence electrons. The minimum absolute atomic E-state index is 0.190. The van der Waals surface area contributed by atoms with Gasteiger partial charge in [-0.25, -0.2) is 0 Å². The summed E-state index contributed by atoms with van der Waals surface area (Å²) in [6.45, 7) is 5.26. The monoisotopic (exact) mass is 337 g/mol. The van der Waals surface area contributed by atoms with Gasteiger partial charge in [-0.3, -0.25) is 4.98 Å². The molecule has 0 saturated carbocycles. The van der Waals surface area contributed by atoms with Crippen LogP contribution in [0.5, 0.6) is 0 Å². The third kappa shape index (κ3) is 3.04. The Hall–Kier alpha value is -1.33. The molecule has 5 heteroatoms. The van der Waals surface area contributed by atoms with Crippen molar-refractivity contribution in [2.75, 3.05) is 23.8 Å². The molecule has 0 unspecified atom stereocenters. The van der Waals surface area contributed by atoms with Gasteiger partial charge in [-0.15, -0.1) is 0 Å². The van der Waals surface area contributed by atoms with Gasteiger partial charge in [0.1, 0.15) is 0 Å². The standard InChI is InChI=1S/C15H20BrN3O/c1-10(2)19(6-3-7-20)14-5-4-13(17)12-8-11(16)9-18-15(12)14/h4-5,8-10,20H,3,6-7,17H2,1-2H3. The van der Waals surface area contributed by atoms with Crippen molar-refractivity contribution in [1.29, 1.82) is 0 Å². The summed E-state index contributed by atoms with van der Waals surface area (Å²) in [5, 5.41) is 10.0. The lowest BCUT2D eigenvalue weighted by molar-refractivity contribution is 0.288. The smallest absolute Gasteiger partial charge is 0.0956 e. The highest BCUT2D eigenvalue weighted by Crippen LogP contribution is 2.32. The number of anilines is 2. The van der Waals surface area contributed by atoms with Crippen molar-refractivity contribution >= 4 is 38.2 Å². The first-order chi connectivity index (χ1) is 9.54. The van der Waals surface area contributed by atoms with Gasteiger partial charge in [-0.05, 0) is 54.4 Å². The first-order valence-electron chi connectivity index (χ1n) is 6.76. The van der Waals surface area contributed by atoms with Gasteiger partial charge in [-0.1, -0.05) is 0 Å². The molecule has 0 aliphatic heterocycles. The molecule has 0 radical (unpaired) electrons. The summed E-state index contributed by atoms with van der Waals surface area (Å²) in [5.74, 6) is 0. The third-order valence-electron chi connectivity index (χ3n) is 3.32. The molecule has 0 saturated heterocycles. The molecule has 0 aliphatic carbocycles. The van der Waals surface area contributed by atoms with Crippen LogP contribution in [0.4, 0.5) is 11.4 Å². The number of nitrogens with two attached hydrogens (primary N) is 1. The molecule has 1 aromatic heterocycles. The van der Waals surface area contributed by atoms with Gasteiger partial charge in [0.05, 0.1) is 11.2 Å². The van der Waals surface area contributed by atoms with Gasteiger partial charge in [0.15, 0.2) is 0 Å². The molecule has 1 heterocycles. The molecule has 0 amide bonds. The number of hydrogen-bond acceptors (Lipinski definition) is 4. The highest BCUT2D eigenvalue weighted by Gasteiger charge is 2.15. The summed E-state index contributed by atoms with van der Waals surface area (Å²) < 4.78 is 0.917. The zero-order chi connectivity index (χ0) is 14.7. The first-order valence-corrected chi connectivity index (χ1v) is 7.55. The Balaban J connectivity index is 2.55. The van der Waals surface area contributed by atoms with E-state index < -0.39 is 0 Å². The molecule has 0 aliphatic rings. The predicted molar refractivity (Wildman–Crippen MR) is 88.0 cm³/mol. The lowest BCUT2D eigenvalue weighted by Crippen LogP contribution is -2.32. The van der Waals surface area contributed by atoms with Gasteiger partial charge in [-0.2, -0.15) is 0 Å². The molecule has 4 nitrogen and oxygen atoms in total. The highest BCUT2D eigenvalue weighted by atomic mass is 79.9. The van der Waals surface area contributed by atoms with E-state index in [0.717, 1.165) is 39.7 Å². The van der Waals surface area contributed by atoms with Crippen molar-refractivity contribution in [2.24, 2.45) is 0 Å². The maximum Gasteiger partial charge on any atom is 0.0956 e. The normalized spacial score (nSPS) is 11.2. The van der Waals surface area contributed by atoms with E-state index in [1.54, 1.807) is 6.20 Å². The molecule has 1 aromatic carbocycles. The van der Waals surface area contributed by atoms with Gasteiger partial charge in [0.2, 0.25) is 0 Å². The Morgan fingerprint density at radius 2 is 2.15 bits per heavy atom. The lowest BCUT2D eigenvalue weighted by Gasteiger charge is -2.29.